The fraction of sp³-hybridized carbons (Fsp3) is 0.192. The molecular weight excluding hydrogens is 443 g/mol. The number of aromatic nitrogens is 2. The summed E-state index contributed by atoms with van der Waals surface area (Å²) in [5.74, 6) is -0.571. The van der Waals surface area contributed by atoms with Gasteiger partial charge in [0.1, 0.15) is 11.2 Å². The Balaban J connectivity index is 1.88. The van der Waals surface area contributed by atoms with E-state index in [4.69, 9.17) is 0 Å². The largest absolute Gasteiger partial charge is 0.416 e. The molecule has 5 nitrogen and oxygen atoms in total. The van der Waals surface area contributed by atoms with Gasteiger partial charge in [0, 0.05) is 37.8 Å². The molecule has 0 radical (unpaired) electrons. The van der Waals surface area contributed by atoms with Gasteiger partial charge < -0.3 is 9.47 Å². The van der Waals surface area contributed by atoms with Crippen LogP contribution in [0.25, 0.3) is 22.0 Å². The Kier molecular flexibility index (Phi) is 6.00. The zero-order chi connectivity index (χ0) is 24.6. The zero-order valence-electron chi connectivity index (χ0n) is 18.8. The van der Waals surface area contributed by atoms with Crippen LogP contribution in [0.1, 0.15) is 27.2 Å². The lowest BCUT2D eigenvalue weighted by atomic mass is 9.97. The highest BCUT2D eigenvalue weighted by Gasteiger charge is 2.34. The molecule has 0 aliphatic heterocycles. The molecule has 2 aromatic heterocycles. The quantitative estimate of drug-likeness (QED) is 0.416. The first kappa shape index (κ1) is 23.2. The Labute approximate surface area is 194 Å². The molecule has 0 spiro atoms. The number of fused-ring (bicyclic) bond motifs is 1. The van der Waals surface area contributed by atoms with Gasteiger partial charge in [-0.15, -0.1) is 0 Å². The Morgan fingerprint density at radius 1 is 1.03 bits per heavy atom. The number of pyridine rings is 2. The number of rotatable bonds is 4. The molecule has 0 saturated heterocycles. The first-order valence-electron chi connectivity index (χ1n) is 10.5. The molecule has 4 aromatic rings. The Bertz CT molecular complexity index is 1440. The number of hydrogen-bond acceptors (Lipinski definition) is 3. The molecule has 1 amide bonds. The number of nitrogens with zero attached hydrogens (tertiary/aromatic N) is 3. The summed E-state index contributed by atoms with van der Waals surface area (Å²) in [5, 5.41) is 0.502. The Hall–Kier alpha value is -3.94. The molecule has 34 heavy (non-hydrogen) atoms. The van der Waals surface area contributed by atoms with Crippen molar-refractivity contribution in [3.05, 3.63) is 99.6 Å². The van der Waals surface area contributed by atoms with Crippen molar-refractivity contribution >= 4 is 16.8 Å². The van der Waals surface area contributed by atoms with E-state index >= 15 is 0 Å². The standard InChI is InChI=1S/C26H22F3N3O2/c1-16-10-12-17(13-11-16)21-19-8-6-14-30-22(19)24(33)32(3)23(21)25(34)31(2)15-18-7-4-5-9-20(18)26(27,28)29/h4-14H,15H2,1-3H3. The van der Waals surface area contributed by atoms with Gasteiger partial charge in [-0.05, 0) is 30.2 Å². The van der Waals surface area contributed by atoms with Crippen molar-refractivity contribution in [3.8, 4) is 11.1 Å². The summed E-state index contributed by atoms with van der Waals surface area (Å²) < 4.78 is 41.7. The van der Waals surface area contributed by atoms with Gasteiger partial charge in [-0.25, -0.2) is 0 Å². The molecule has 2 aromatic carbocycles. The first-order valence-corrected chi connectivity index (χ1v) is 10.5. The molecule has 0 N–H and O–H groups in total. The van der Waals surface area contributed by atoms with Crippen molar-refractivity contribution in [3.63, 3.8) is 0 Å². The molecule has 8 heteroatoms. The highest BCUT2D eigenvalue weighted by molar-refractivity contribution is 6.07. The maximum atomic E-state index is 13.7. The van der Waals surface area contributed by atoms with Crippen molar-refractivity contribution < 1.29 is 18.0 Å². The number of amides is 1. The van der Waals surface area contributed by atoms with Crippen molar-refractivity contribution in [2.75, 3.05) is 7.05 Å². The zero-order valence-corrected chi connectivity index (χ0v) is 18.8. The lowest BCUT2D eigenvalue weighted by Gasteiger charge is -2.23. The predicted molar refractivity (Wildman–Crippen MR) is 124 cm³/mol. The molecule has 0 unspecified atom stereocenters. The maximum absolute atomic E-state index is 13.7. The molecule has 0 saturated carbocycles. The minimum Gasteiger partial charge on any atom is -0.336 e. The number of halogens is 3. The average Bonchev–Trinajstić information content (AvgIpc) is 2.81. The van der Waals surface area contributed by atoms with E-state index < -0.39 is 23.2 Å². The van der Waals surface area contributed by atoms with Crippen molar-refractivity contribution in [2.24, 2.45) is 7.05 Å². The number of hydrogen-bond donors (Lipinski definition) is 0. The van der Waals surface area contributed by atoms with Gasteiger partial charge in [-0.3, -0.25) is 14.6 Å². The van der Waals surface area contributed by atoms with Crippen molar-refractivity contribution in [1.29, 1.82) is 0 Å². The normalized spacial score (nSPS) is 11.6. The predicted octanol–water partition coefficient (Wildman–Crippen LogP) is 5.20. The van der Waals surface area contributed by atoms with Crippen LogP contribution < -0.4 is 5.56 Å². The van der Waals surface area contributed by atoms with Crippen LogP contribution in [0.3, 0.4) is 0 Å². The fourth-order valence-electron chi connectivity index (χ4n) is 4.04. The van der Waals surface area contributed by atoms with Gasteiger partial charge >= 0.3 is 6.18 Å². The number of aryl methyl sites for hydroxylation is 1. The molecule has 174 valence electrons. The Morgan fingerprint density at radius 2 is 1.71 bits per heavy atom. The van der Waals surface area contributed by atoms with E-state index in [0.29, 0.717) is 16.5 Å². The molecular formula is C26H22F3N3O2. The van der Waals surface area contributed by atoms with Gasteiger partial charge in [0.15, 0.2) is 0 Å². The number of carbonyl (C=O) groups excluding carboxylic acids is 1. The number of benzene rings is 2. The minimum atomic E-state index is -4.55. The van der Waals surface area contributed by atoms with Gasteiger partial charge in [-0.2, -0.15) is 13.2 Å². The first-order chi connectivity index (χ1) is 16.1. The summed E-state index contributed by atoms with van der Waals surface area (Å²) in [4.78, 5) is 32.1. The van der Waals surface area contributed by atoms with E-state index in [1.54, 1.807) is 12.1 Å². The summed E-state index contributed by atoms with van der Waals surface area (Å²) in [5.41, 5.74) is 1.23. The summed E-state index contributed by atoms with van der Waals surface area (Å²) >= 11 is 0. The van der Waals surface area contributed by atoms with Gasteiger partial charge in [0.2, 0.25) is 0 Å². The van der Waals surface area contributed by atoms with Gasteiger partial charge in [0.25, 0.3) is 11.5 Å². The molecule has 4 rings (SSSR count). The summed E-state index contributed by atoms with van der Waals surface area (Å²) in [6.45, 7) is 1.66. The van der Waals surface area contributed by atoms with Crippen LogP contribution in [0.15, 0.2) is 71.7 Å². The number of carbonyl (C=O) groups is 1. The van der Waals surface area contributed by atoms with Crippen LogP contribution in [0.4, 0.5) is 13.2 Å². The van der Waals surface area contributed by atoms with Crippen LogP contribution in [-0.4, -0.2) is 27.4 Å². The van der Waals surface area contributed by atoms with E-state index in [2.05, 4.69) is 4.98 Å². The van der Waals surface area contributed by atoms with E-state index in [9.17, 15) is 22.8 Å². The SMILES string of the molecule is Cc1ccc(-c2c(C(=O)N(C)Cc3ccccc3C(F)(F)F)n(C)c(=O)c3ncccc23)cc1. The van der Waals surface area contributed by atoms with E-state index in [-0.39, 0.29) is 23.3 Å². The lowest BCUT2D eigenvalue weighted by Crippen LogP contribution is -2.34. The third-order valence-electron chi connectivity index (χ3n) is 5.78. The van der Waals surface area contributed by atoms with Crippen molar-refractivity contribution in [1.82, 2.24) is 14.5 Å². The fourth-order valence-corrected chi connectivity index (χ4v) is 4.04. The summed E-state index contributed by atoms with van der Waals surface area (Å²) in [6, 6.07) is 16.0. The molecule has 0 aliphatic carbocycles. The monoisotopic (exact) mass is 465 g/mol. The van der Waals surface area contributed by atoms with E-state index in [1.807, 2.05) is 31.2 Å². The van der Waals surface area contributed by atoms with Crippen LogP contribution >= 0.6 is 0 Å². The average molecular weight is 465 g/mol. The molecule has 0 fully saturated rings. The third kappa shape index (κ3) is 4.19. The van der Waals surface area contributed by atoms with Gasteiger partial charge in [0.05, 0.1) is 5.56 Å². The summed E-state index contributed by atoms with van der Waals surface area (Å²) in [6.07, 6.45) is -3.04. The van der Waals surface area contributed by atoms with Gasteiger partial charge in [-0.1, -0.05) is 54.1 Å². The third-order valence-corrected chi connectivity index (χ3v) is 5.78. The molecule has 2 heterocycles. The highest BCUT2D eigenvalue weighted by atomic mass is 19.4. The maximum Gasteiger partial charge on any atom is 0.416 e. The van der Waals surface area contributed by atoms with Crippen LogP contribution in [-0.2, 0) is 19.8 Å². The van der Waals surface area contributed by atoms with Crippen molar-refractivity contribution in [2.45, 2.75) is 19.6 Å². The minimum absolute atomic E-state index is 0.0322. The topological polar surface area (TPSA) is 55.2 Å². The van der Waals surface area contributed by atoms with Crippen LogP contribution in [0.2, 0.25) is 0 Å². The number of alkyl halides is 3. The van der Waals surface area contributed by atoms with E-state index in [1.165, 1.54) is 48.0 Å². The Morgan fingerprint density at radius 3 is 2.38 bits per heavy atom. The highest BCUT2D eigenvalue weighted by Crippen LogP contribution is 2.34. The smallest absolute Gasteiger partial charge is 0.336 e. The molecule has 0 aliphatic rings. The summed E-state index contributed by atoms with van der Waals surface area (Å²) in [7, 11) is 2.89. The molecule has 0 bridgehead atoms. The van der Waals surface area contributed by atoms with Crippen LogP contribution in [0.5, 0.6) is 0 Å². The van der Waals surface area contributed by atoms with Crippen LogP contribution in [0, 0.1) is 6.92 Å². The van der Waals surface area contributed by atoms with E-state index in [0.717, 1.165) is 11.6 Å². The molecule has 0 atom stereocenters. The lowest BCUT2D eigenvalue weighted by molar-refractivity contribution is -0.138. The second-order valence-corrected chi connectivity index (χ2v) is 8.17. The second kappa shape index (κ2) is 8.78. The second-order valence-electron chi connectivity index (χ2n) is 8.17.